The summed E-state index contributed by atoms with van der Waals surface area (Å²) in [6.07, 6.45) is 7.15. The highest BCUT2D eigenvalue weighted by Gasteiger charge is 2.32. The number of halogens is 2. The molecule has 0 bridgehead atoms. The molecule has 0 spiro atoms. The van der Waals surface area contributed by atoms with Crippen molar-refractivity contribution >= 4 is 50.7 Å². The maximum atomic E-state index is 13.7. The Bertz CT molecular complexity index is 1170. The third-order valence-corrected chi connectivity index (χ3v) is 8.57. The molecule has 202 valence electrons. The van der Waals surface area contributed by atoms with Crippen LogP contribution in [0.25, 0.3) is 0 Å². The molecule has 37 heavy (non-hydrogen) atoms. The van der Waals surface area contributed by atoms with Gasteiger partial charge in [-0.2, -0.15) is 0 Å². The number of benzene rings is 2. The summed E-state index contributed by atoms with van der Waals surface area (Å²) in [5.74, 6) is -0.658. The van der Waals surface area contributed by atoms with Gasteiger partial charge in [0.2, 0.25) is 21.8 Å². The van der Waals surface area contributed by atoms with Crippen molar-refractivity contribution in [2.24, 2.45) is 0 Å². The summed E-state index contributed by atoms with van der Waals surface area (Å²) >= 11 is 12.1. The van der Waals surface area contributed by atoms with Gasteiger partial charge in [-0.05, 0) is 49.4 Å². The topological polar surface area (TPSA) is 86.8 Å². The second-order valence-corrected chi connectivity index (χ2v) is 12.2. The van der Waals surface area contributed by atoms with Gasteiger partial charge in [0.05, 0.1) is 22.0 Å². The second kappa shape index (κ2) is 13.5. The van der Waals surface area contributed by atoms with Gasteiger partial charge in [0.25, 0.3) is 0 Å². The Labute approximate surface area is 230 Å². The lowest BCUT2D eigenvalue weighted by Gasteiger charge is -2.34. The maximum absolute atomic E-state index is 13.7. The zero-order chi connectivity index (χ0) is 27.0. The number of nitrogens with one attached hydrogen (secondary N) is 1. The highest BCUT2D eigenvalue weighted by atomic mass is 35.5. The van der Waals surface area contributed by atoms with Gasteiger partial charge in [0.15, 0.2) is 0 Å². The van der Waals surface area contributed by atoms with Crippen LogP contribution in [0.4, 0.5) is 5.69 Å². The molecule has 7 nitrogen and oxygen atoms in total. The molecule has 1 aliphatic rings. The summed E-state index contributed by atoms with van der Waals surface area (Å²) in [6, 6.07) is 13.5. The first kappa shape index (κ1) is 29.3. The average Bonchev–Trinajstić information content (AvgIpc) is 2.87. The first-order chi connectivity index (χ1) is 17.6. The Kier molecular flexibility index (Phi) is 10.7. The number of hydrogen-bond donors (Lipinski definition) is 1. The third kappa shape index (κ3) is 8.35. The van der Waals surface area contributed by atoms with Gasteiger partial charge < -0.3 is 10.2 Å². The number of carbonyl (C=O) groups is 2. The van der Waals surface area contributed by atoms with Crippen molar-refractivity contribution in [2.45, 2.75) is 64.0 Å². The smallest absolute Gasteiger partial charge is 0.244 e. The van der Waals surface area contributed by atoms with Crippen LogP contribution in [0.3, 0.4) is 0 Å². The summed E-state index contributed by atoms with van der Waals surface area (Å²) in [7, 11) is -3.84. The Hall–Kier alpha value is -2.29. The minimum atomic E-state index is -3.84. The molecule has 1 saturated carbocycles. The highest BCUT2D eigenvalue weighted by molar-refractivity contribution is 7.92. The van der Waals surface area contributed by atoms with Crippen LogP contribution in [0.5, 0.6) is 0 Å². The Balaban J connectivity index is 1.87. The summed E-state index contributed by atoms with van der Waals surface area (Å²) in [5.41, 5.74) is 1.25. The van der Waals surface area contributed by atoms with Gasteiger partial charge in [0.1, 0.15) is 12.6 Å². The van der Waals surface area contributed by atoms with E-state index in [0.717, 1.165) is 41.8 Å². The number of nitrogens with zero attached hydrogens (tertiary/aromatic N) is 2. The average molecular weight is 569 g/mol. The molecule has 0 heterocycles. The van der Waals surface area contributed by atoms with Crippen LogP contribution >= 0.6 is 23.2 Å². The molecule has 1 aliphatic carbocycles. The fourth-order valence-electron chi connectivity index (χ4n) is 4.69. The fraction of sp³-hybridized carbons (Fsp3) is 0.481. The van der Waals surface area contributed by atoms with Crippen molar-refractivity contribution in [1.82, 2.24) is 10.2 Å². The van der Waals surface area contributed by atoms with Crippen molar-refractivity contribution in [3.05, 3.63) is 64.1 Å². The molecule has 2 aromatic carbocycles. The van der Waals surface area contributed by atoms with Crippen LogP contribution in [-0.4, -0.2) is 56.6 Å². The molecule has 1 fully saturated rings. The second-order valence-electron chi connectivity index (χ2n) is 9.46. The van der Waals surface area contributed by atoms with E-state index in [-0.39, 0.29) is 34.2 Å². The molecular formula is C27H35Cl2N3O4S. The highest BCUT2D eigenvalue weighted by Crippen LogP contribution is 2.28. The largest absolute Gasteiger partial charge is 0.352 e. The molecule has 1 unspecified atom stereocenters. The van der Waals surface area contributed by atoms with E-state index in [2.05, 4.69) is 5.32 Å². The van der Waals surface area contributed by atoms with E-state index >= 15 is 0 Å². The fourth-order valence-corrected chi connectivity index (χ4v) is 5.83. The van der Waals surface area contributed by atoms with Gasteiger partial charge in [0, 0.05) is 12.6 Å². The van der Waals surface area contributed by atoms with E-state index in [1.165, 1.54) is 29.5 Å². The van der Waals surface area contributed by atoms with Crippen LogP contribution in [0.2, 0.25) is 10.0 Å². The van der Waals surface area contributed by atoms with Gasteiger partial charge in [-0.1, -0.05) is 79.7 Å². The van der Waals surface area contributed by atoms with Crippen LogP contribution in [0, 0.1) is 0 Å². The molecule has 2 amide bonds. The van der Waals surface area contributed by atoms with Crippen LogP contribution < -0.4 is 9.62 Å². The van der Waals surface area contributed by atoms with Crippen molar-refractivity contribution in [1.29, 1.82) is 0 Å². The lowest BCUT2D eigenvalue weighted by Crippen LogP contribution is -2.54. The van der Waals surface area contributed by atoms with Gasteiger partial charge in [-0.3, -0.25) is 13.9 Å². The number of carbonyl (C=O) groups excluding carboxylic acids is 2. The summed E-state index contributed by atoms with van der Waals surface area (Å²) in [6.45, 7) is 1.68. The summed E-state index contributed by atoms with van der Waals surface area (Å²) < 4.78 is 26.4. The van der Waals surface area contributed by atoms with Gasteiger partial charge in [-0.25, -0.2) is 8.42 Å². The van der Waals surface area contributed by atoms with Crippen LogP contribution in [-0.2, 0) is 26.0 Å². The summed E-state index contributed by atoms with van der Waals surface area (Å²) in [4.78, 5) is 28.6. The van der Waals surface area contributed by atoms with E-state index in [1.54, 1.807) is 0 Å². The number of hydrogen-bond acceptors (Lipinski definition) is 4. The van der Waals surface area contributed by atoms with Gasteiger partial charge >= 0.3 is 0 Å². The van der Waals surface area contributed by atoms with E-state index in [1.807, 2.05) is 37.3 Å². The lowest BCUT2D eigenvalue weighted by molar-refractivity contribution is -0.140. The number of rotatable bonds is 11. The Morgan fingerprint density at radius 3 is 2.30 bits per heavy atom. The van der Waals surface area contributed by atoms with Crippen LogP contribution in [0.15, 0.2) is 48.5 Å². The predicted molar refractivity (Wildman–Crippen MR) is 150 cm³/mol. The minimum absolute atomic E-state index is 0.102. The predicted octanol–water partition coefficient (Wildman–Crippen LogP) is 5.06. The molecule has 1 atom stereocenters. The monoisotopic (exact) mass is 567 g/mol. The van der Waals surface area contributed by atoms with E-state index in [0.29, 0.717) is 12.8 Å². The number of amides is 2. The molecule has 0 aliphatic heterocycles. The zero-order valence-corrected chi connectivity index (χ0v) is 23.7. The Morgan fingerprint density at radius 2 is 1.70 bits per heavy atom. The third-order valence-electron chi connectivity index (χ3n) is 6.69. The normalized spacial score (nSPS) is 15.1. The van der Waals surface area contributed by atoms with Crippen LogP contribution in [0.1, 0.15) is 51.0 Å². The molecule has 2 aromatic rings. The summed E-state index contributed by atoms with van der Waals surface area (Å²) in [5, 5.41) is 3.59. The SMILES string of the molecule is CCC(C(=O)NC1CCCCC1)N(CCc1ccccc1)C(=O)CN(c1ccc(Cl)c(Cl)c1)S(C)(=O)=O. The lowest BCUT2D eigenvalue weighted by atomic mass is 9.95. The first-order valence-electron chi connectivity index (χ1n) is 12.7. The van der Waals surface area contributed by atoms with Crippen molar-refractivity contribution in [2.75, 3.05) is 23.7 Å². The van der Waals surface area contributed by atoms with E-state index in [4.69, 9.17) is 23.2 Å². The molecule has 0 radical (unpaired) electrons. The van der Waals surface area contributed by atoms with E-state index in [9.17, 15) is 18.0 Å². The van der Waals surface area contributed by atoms with Crippen molar-refractivity contribution in [3.63, 3.8) is 0 Å². The standard InChI is InChI=1S/C27H35Cl2N3O4S/c1-3-25(27(34)30-21-12-8-5-9-13-21)31(17-16-20-10-6-4-7-11-20)26(33)19-32(37(2,35)36)22-14-15-23(28)24(29)18-22/h4,6-7,10-11,14-15,18,21,25H,3,5,8-9,12-13,16-17,19H2,1-2H3,(H,30,34). The number of sulfonamides is 1. The zero-order valence-electron chi connectivity index (χ0n) is 21.3. The molecular weight excluding hydrogens is 533 g/mol. The molecule has 10 heteroatoms. The quantitative estimate of drug-likeness (QED) is 0.411. The molecule has 0 aromatic heterocycles. The minimum Gasteiger partial charge on any atom is -0.352 e. The first-order valence-corrected chi connectivity index (χ1v) is 15.3. The van der Waals surface area contributed by atoms with Crippen molar-refractivity contribution in [3.8, 4) is 0 Å². The number of anilines is 1. The Morgan fingerprint density at radius 1 is 1.03 bits per heavy atom. The molecule has 0 saturated heterocycles. The molecule has 3 rings (SSSR count). The molecule has 1 N–H and O–H groups in total. The van der Waals surface area contributed by atoms with Crippen molar-refractivity contribution < 1.29 is 18.0 Å². The maximum Gasteiger partial charge on any atom is 0.244 e. The van der Waals surface area contributed by atoms with E-state index < -0.39 is 28.5 Å². The van der Waals surface area contributed by atoms with Gasteiger partial charge in [-0.15, -0.1) is 0 Å².